The number of hydrogen-bond donors (Lipinski definition) is 1. The number of anilines is 1. The number of nitrogens with zero attached hydrogens (tertiary/aromatic N) is 2. The third kappa shape index (κ3) is 5.24. The van der Waals surface area contributed by atoms with E-state index in [-0.39, 0.29) is 12.5 Å². The van der Waals surface area contributed by atoms with Crippen LogP contribution in [0.5, 0.6) is 11.5 Å². The van der Waals surface area contributed by atoms with Crippen LogP contribution in [0.15, 0.2) is 54.6 Å². The van der Waals surface area contributed by atoms with Crippen LogP contribution in [-0.4, -0.2) is 65.3 Å². The second kappa shape index (κ2) is 8.62. The average molecular weight is 405 g/mol. The molecule has 2 aromatic rings. The summed E-state index contributed by atoms with van der Waals surface area (Å²) >= 11 is 0. The highest BCUT2D eigenvalue weighted by Crippen LogP contribution is 2.25. The number of hydrogen-bond acceptors (Lipinski definition) is 4. The maximum Gasteiger partial charge on any atom is 0.243 e. The van der Waals surface area contributed by atoms with Crippen LogP contribution < -0.4 is 13.9 Å². The van der Waals surface area contributed by atoms with E-state index in [0.29, 0.717) is 30.3 Å². The molecule has 1 aliphatic rings. The third-order valence-corrected chi connectivity index (χ3v) is 5.89. The molecule has 0 unspecified atom stereocenters. The number of amides is 1. The van der Waals surface area contributed by atoms with Crippen molar-refractivity contribution in [1.82, 2.24) is 4.90 Å². The van der Waals surface area contributed by atoms with Gasteiger partial charge in [-0.2, -0.15) is 0 Å². The molecule has 150 valence electrons. The summed E-state index contributed by atoms with van der Waals surface area (Å²) in [7, 11) is -1.51. The third-order valence-electron chi connectivity index (χ3n) is 4.75. The van der Waals surface area contributed by atoms with E-state index >= 15 is 0 Å². The van der Waals surface area contributed by atoms with E-state index < -0.39 is 10.0 Å². The molecule has 0 atom stereocenters. The lowest BCUT2D eigenvalue weighted by molar-refractivity contribution is -0.883. The summed E-state index contributed by atoms with van der Waals surface area (Å²) in [6.07, 6.45) is 1.11. The Morgan fingerprint density at radius 3 is 2.18 bits per heavy atom. The Hall–Kier alpha value is -2.58. The normalized spacial score (nSPS) is 15.3. The van der Waals surface area contributed by atoms with Gasteiger partial charge < -0.3 is 14.5 Å². The number of ether oxygens (including phenoxy) is 1. The summed E-state index contributed by atoms with van der Waals surface area (Å²) in [5.74, 6) is 1.11. The number of rotatable bonds is 6. The molecule has 0 bridgehead atoms. The van der Waals surface area contributed by atoms with Gasteiger partial charge in [0.05, 0.1) is 45.2 Å². The molecule has 1 fully saturated rings. The van der Waals surface area contributed by atoms with E-state index in [9.17, 15) is 13.2 Å². The van der Waals surface area contributed by atoms with Crippen molar-refractivity contribution in [1.29, 1.82) is 0 Å². The summed E-state index contributed by atoms with van der Waals surface area (Å²) in [4.78, 5) is 15.7. The van der Waals surface area contributed by atoms with Gasteiger partial charge in [-0.05, 0) is 36.4 Å². The Labute approximate surface area is 166 Å². The van der Waals surface area contributed by atoms with Crippen LogP contribution >= 0.6 is 0 Å². The summed E-state index contributed by atoms with van der Waals surface area (Å²) in [6, 6.07) is 16.0. The van der Waals surface area contributed by atoms with E-state index in [0.717, 1.165) is 23.7 Å². The van der Waals surface area contributed by atoms with Crippen LogP contribution in [-0.2, 0) is 14.8 Å². The molecule has 0 saturated carbocycles. The topological polar surface area (TPSA) is 71.4 Å². The number of likely N-dealkylation sites (N-methyl/N-ethyl adjacent to an activating group) is 1. The van der Waals surface area contributed by atoms with Crippen molar-refractivity contribution in [3.05, 3.63) is 54.6 Å². The minimum Gasteiger partial charge on any atom is -0.457 e. The largest absolute Gasteiger partial charge is 0.457 e. The van der Waals surface area contributed by atoms with Crippen LogP contribution in [0.3, 0.4) is 0 Å². The predicted molar refractivity (Wildman–Crippen MR) is 108 cm³/mol. The molecular formula is C20H26N3O4S+. The van der Waals surface area contributed by atoms with Gasteiger partial charge in [-0.15, -0.1) is 0 Å². The van der Waals surface area contributed by atoms with Gasteiger partial charge in [0.15, 0.2) is 0 Å². The van der Waals surface area contributed by atoms with Gasteiger partial charge in [-0.1, -0.05) is 18.2 Å². The molecule has 0 aliphatic carbocycles. The highest BCUT2D eigenvalue weighted by atomic mass is 32.2. The van der Waals surface area contributed by atoms with E-state index in [2.05, 4.69) is 7.05 Å². The van der Waals surface area contributed by atoms with E-state index in [4.69, 9.17) is 4.74 Å². The van der Waals surface area contributed by atoms with E-state index in [1.807, 2.05) is 30.3 Å². The minimum absolute atomic E-state index is 0.178. The van der Waals surface area contributed by atoms with Gasteiger partial charge in [-0.25, -0.2) is 8.42 Å². The fourth-order valence-corrected chi connectivity index (χ4v) is 3.92. The molecule has 0 radical (unpaired) electrons. The molecule has 28 heavy (non-hydrogen) atoms. The number of sulfonamides is 1. The predicted octanol–water partition coefficient (Wildman–Crippen LogP) is 0.602. The van der Waals surface area contributed by atoms with Gasteiger partial charge in [0, 0.05) is 0 Å². The van der Waals surface area contributed by atoms with E-state index in [1.165, 1.54) is 4.90 Å². The Balaban J connectivity index is 1.72. The number of carbonyl (C=O) groups excluding carboxylic acids is 1. The van der Waals surface area contributed by atoms with Gasteiger partial charge in [-0.3, -0.25) is 9.10 Å². The monoisotopic (exact) mass is 404 g/mol. The van der Waals surface area contributed by atoms with Crippen molar-refractivity contribution in [3.63, 3.8) is 0 Å². The Morgan fingerprint density at radius 1 is 1.04 bits per heavy atom. The molecule has 1 N–H and O–H groups in total. The lowest BCUT2D eigenvalue weighted by atomic mass is 10.3. The van der Waals surface area contributed by atoms with Gasteiger partial charge in [0.2, 0.25) is 15.9 Å². The molecule has 1 heterocycles. The maximum atomic E-state index is 12.6. The van der Waals surface area contributed by atoms with Crippen molar-refractivity contribution in [3.8, 4) is 11.5 Å². The molecular weight excluding hydrogens is 378 g/mol. The Morgan fingerprint density at radius 2 is 1.61 bits per heavy atom. The fraction of sp³-hybridized carbons (Fsp3) is 0.350. The molecule has 1 amide bonds. The zero-order chi connectivity index (χ0) is 20.1. The number of piperazine rings is 1. The highest BCUT2D eigenvalue weighted by Gasteiger charge is 2.26. The van der Waals surface area contributed by atoms with Crippen molar-refractivity contribution >= 4 is 21.6 Å². The smallest absolute Gasteiger partial charge is 0.243 e. The Bertz CT molecular complexity index is 893. The lowest BCUT2D eigenvalue weighted by Crippen LogP contribution is -3.12. The highest BCUT2D eigenvalue weighted by molar-refractivity contribution is 7.92. The second-order valence-electron chi connectivity index (χ2n) is 7.02. The second-order valence-corrected chi connectivity index (χ2v) is 8.92. The van der Waals surface area contributed by atoms with Crippen molar-refractivity contribution in [2.75, 3.05) is 50.3 Å². The van der Waals surface area contributed by atoms with Crippen LogP contribution in [0.1, 0.15) is 0 Å². The van der Waals surface area contributed by atoms with E-state index in [1.54, 1.807) is 29.2 Å². The van der Waals surface area contributed by atoms with Crippen LogP contribution in [0.2, 0.25) is 0 Å². The standard InChI is InChI=1S/C20H25N3O4S/c1-21-12-14-22(15-13-21)20(24)16-23(28(2,25)26)17-8-10-19(11-9-17)27-18-6-4-3-5-7-18/h3-11H,12-16H2,1-2H3/p+1. The van der Waals surface area contributed by atoms with Crippen LogP contribution in [0.4, 0.5) is 5.69 Å². The van der Waals surface area contributed by atoms with Crippen LogP contribution in [0, 0.1) is 0 Å². The van der Waals surface area contributed by atoms with Gasteiger partial charge >= 0.3 is 0 Å². The number of quaternary nitrogens is 1. The zero-order valence-corrected chi connectivity index (χ0v) is 17.0. The first-order valence-electron chi connectivity index (χ1n) is 9.23. The number of benzene rings is 2. The van der Waals surface area contributed by atoms with Gasteiger partial charge in [0.1, 0.15) is 18.0 Å². The Kier molecular flexibility index (Phi) is 6.21. The molecule has 8 heteroatoms. The fourth-order valence-electron chi connectivity index (χ4n) is 3.07. The summed E-state index contributed by atoms with van der Waals surface area (Å²) in [5, 5.41) is 0. The molecule has 7 nitrogen and oxygen atoms in total. The van der Waals surface area contributed by atoms with Crippen molar-refractivity contribution in [2.24, 2.45) is 0 Å². The van der Waals surface area contributed by atoms with Crippen molar-refractivity contribution < 1.29 is 22.8 Å². The van der Waals surface area contributed by atoms with Gasteiger partial charge in [0.25, 0.3) is 0 Å². The maximum absolute atomic E-state index is 12.6. The zero-order valence-electron chi connectivity index (χ0n) is 16.2. The lowest BCUT2D eigenvalue weighted by Gasteiger charge is -2.32. The number of para-hydroxylation sites is 1. The molecule has 3 rings (SSSR count). The number of carbonyl (C=O) groups is 1. The molecule has 2 aromatic carbocycles. The first-order chi connectivity index (χ1) is 13.3. The molecule has 0 spiro atoms. The van der Waals surface area contributed by atoms with Crippen LogP contribution in [0.25, 0.3) is 0 Å². The number of nitrogens with one attached hydrogen (secondary N) is 1. The SMILES string of the molecule is C[NH+]1CCN(C(=O)CN(c2ccc(Oc3ccccc3)cc2)S(C)(=O)=O)CC1. The first-order valence-corrected chi connectivity index (χ1v) is 11.1. The molecule has 0 aromatic heterocycles. The summed E-state index contributed by atoms with van der Waals surface area (Å²) < 4.78 is 31.5. The minimum atomic E-state index is -3.59. The molecule has 1 saturated heterocycles. The average Bonchev–Trinajstić information content (AvgIpc) is 2.67. The quantitative estimate of drug-likeness (QED) is 0.766. The summed E-state index contributed by atoms with van der Waals surface area (Å²) in [6.45, 7) is 2.83. The first kappa shape index (κ1) is 20.2. The van der Waals surface area contributed by atoms with Crippen molar-refractivity contribution in [2.45, 2.75) is 0 Å². The summed E-state index contributed by atoms with van der Waals surface area (Å²) in [5.41, 5.74) is 0.441. The molecule has 1 aliphatic heterocycles.